The standard InChI is InChI=1S/C18H25N3O2S/c1-3-21(4-2)11-6-10-19-17(22)18(8-9-18)16-13-14(23-20-16)15-7-5-12-24-15/h5,7,12-13H,3-4,6,8-11H2,1-2H3,(H,19,22). The number of carbonyl (C=O) groups is 1. The van der Waals surface area contributed by atoms with E-state index in [1.807, 2.05) is 23.6 Å². The number of hydrogen-bond donors (Lipinski definition) is 1. The van der Waals surface area contributed by atoms with Crippen molar-refractivity contribution in [1.82, 2.24) is 15.4 Å². The molecule has 0 aromatic carbocycles. The summed E-state index contributed by atoms with van der Waals surface area (Å²) in [6.45, 7) is 8.17. The summed E-state index contributed by atoms with van der Waals surface area (Å²) in [6.07, 6.45) is 2.68. The quantitative estimate of drug-likeness (QED) is 0.707. The molecule has 3 rings (SSSR count). The van der Waals surface area contributed by atoms with E-state index < -0.39 is 5.41 Å². The first kappa shape index (κ1) is 17.2. The molecule has 1 fully saturated rings. The van der Waals surface area contributed by atoms with Crippen molar-refractivity contribution in [1.29, 1.82) is 0 Å². The summed E-state index contributed by atoms with van der Waals surface area (Å²) in [5, 5.41) is 9.27. The average molecular weight is 347 g/mol. The van der Waals surface area contributed by atoms with Crippen LogP contribution in [0.3, 0.4) is 0 Å². The van der Waals surface area contributed by atoms with Crippen molar-refractivity contribution < 1.29 is 9.32 Å². The maximum absolute atomic E-state index is 12.6. The third-order valence-corrected chi connectivity index (χ3v) is 5.66. The summed E-state index contributed by atoms with van der Waals surface area (Å²) in [5.41, 5.74) is 0.306. The fraction of sp³-hybridized carbons (Fsp3) is 0.556. The van der Waals surface area contributed by atoms with Crippen molar-refractivity contribution in [2.75, 3.05) is 26.2 Å². The molecule has 0 spiro atoms. The van der Waals surface area contributed by atoms with Gasteiger partial charge in [0.05, 0.1) is 16.0 Å². The highest BCUT2D eigenvalue weighted by molar-refractivity contribution is 7.13. The van der Waals surface area contributed by atoms with E-state index in [1.165, 1.54) is 0 Å². The number of nitrogens with one attached hydrogen (secondary N) is 1. The molecule has 1 N–H and O–H groups in total. The average Bonchev–Trinajstić information content (AvgIpc) is 3.03. The van der Waals surface area contributed by atoms with Gasteiger partial charge >= 0.3 is 0 Å². The molecule has 24 heavy (non-hydrogen) atoms. The van der Waals surface area contributed by atoms with Gasteiger partial charge in [0.2, 0.25) is 5.91 Å². The Morgan fingerprint density at radius 2 is 2.21 bits per heavy atom. The van der Waals surface area contributed by atoms with Gasteiger partial charge in [-0.25, -0.2) is 0 Å². The predicted molar refractivity (Wildman–Crippen MR) is 96.1 cm³/mol. The number of amides is 1. The van der Waals surface area contributed by atoms with Gasteiger partial charge in [0.25, 0.3) is 0 Å². The topological polar surface area (TPSA) is 58.4 Å². The third kappa shape index (κ3) is 3.54. The first-order valence-electron chi connectivity index (χ1n) is 8.71. The Balaban J connectivity index is 1.55. The lowest BCUT2D eigenvalue weighted by atomic mass is 10.0. The van der Waals surface area contributed by atoms with Crippen LogP contribution in [0.5, 0.6) is 0 Å². The Morgan fingerprint density at radius 3 is 2.83 bits per heavy atom. The largest absolute Gasteiger partial charge is 0.355 e. The highest BCUT2D eigenvalue weighted by Crippen LogP contribution is 2.48. The van der Waals surface area contributed by atoms with Crippen molar-refractivity contribution >= 4 is 17.2 Å². The summed E-state index contributed by atoms with van der Waals surface area (Å²) in [6, 6.07) is 5.91. The Morgan fingerprint density at radius 1 is 1.42 bits per heavy atom. The van der Waals surface area contributed by atoms with E-state index in [4.69, 9.17) is 4.52 Å². The van der Waals surface area contributed by atoms with Crippen molar-refractivity contribution in [3.05, 3.63) is 29.3 Å². The molecule has 2 heterocycles. The van der Waals surface area contributed by atoms with Crippen LogP contribution in [0.15, 0.2) is 28.1 Å². The molecule has 2 aromatic heterocycles. The zero-order valence-electron chi connectivity index (χ0n) is 14.4. The van der Waals surface area contributed by atoms with E-state index in [0.717, 1.165) is 55.2 Å². The van der Waals surface area contributed by atoms with Crippen LogP contribution in [0.2, 0.25) is 0 Å². The van der Waals surface area contributed by atoms with Crippen LogP contribution in [0.1, 0.15) is 38.8 Å². The number of rotatable bonds is 9. The Hall–Kier alpha value is -1.66. The third-order valence-electron chi connectivity index (χ3n) is 4.78. The van der Waals surface area contributed by atoms with Crippen LogP contribution in [0, 0.1) is 0 Å². The number of thiophene rings is 1. The SMILES string of the molecule is CCN(CC)CCCNC(=O)C1(c2cc(-c3cccs3)on2)CC1. The summed E-state index contributed by atoms with van der Waals surface area (Å²) >= 11 is 1.61. The van der Waals surface area contributed by atoms with Gasteiger partial charge in [-0.2, -0.15) is 0 Å². The molecule has 0 saturated heterocycles. The molecule has 0 unspecified atom stereocenters. The van der Waals surface area contributed by atoms with Gasteiger partial charge in [-0.15, -0.1) is 11.3 Å². The van der Waals surface area contributed by atoms with Crippen LogP contribution < -0.4 is 5.32 Å². The fourth-order valence-corrected chi connectivity index (χ4v) is 3.65. The van der Waals surface area contributed by atoms with Gasteiger partial charge in [-0.3, -0.25) is 4.79 Å². The van der Waals surface area contributed by atoms with E-state index in [0.29, 0.717) is 6.54 Å². The number of hydrogen-bond acceptors (Lipinski definition) is 5. The molecule has 0 radical (unpaired) electrons. The molecule has 1 amide bonds. The minimum absolute atomic E-state index is 0.0908. The van der Waals surface area contributed by atoms with Gasteiger partial charge in [0, 0.05) is 12.6 Å². The predicted octanol–water partition coefficient (Wildman–Crippen LogP) is 3.28. The highest BCUT2D eigenvalue weighted by Gasteiger charge is 2.53. The second-order valence-electron chi connectivity index (χ2n) is 6.27. The van der Waals surface area contributed by atoms with Crippen molar-refractivity contribution in [3.63, 3.8) is 0 Å². The van der Waals surface area contributed by atoms with Crippen LogP contribution >= 0.6 is 11.3 Å². The molecule has 130 valence electrons. The van der Waals surface area contributed by atoms with Crippen molar-refractivity contribution in [2.45, 2.75) is 38.5 Å². The Bertz CT molecular complexity index is 658. The molecule has 1 aliphatic rings. The van der Waals surface area contributed by atoms with Crippen LogP contribution in [0.25, 0.3) is 10.6 Å². The summed E-state index contributed by atoms with van der Waals surface area (Å²) in [4.78, 5) is 16.0. The maximum atomic E-state index is 12.6. The number of nitrogens with zero attached hydrogens (tertiary/aromatic N) is 2. The first-order valence-corrected chi connectivity index (χ1v) is 9.59. The normalized spacial score (nSPS) is 15.6. The molecule has 5 nitrogen and oxygen atoms in total. The summed E-state index contributed by atoms with van der Waals surface area (Å²) < 4.78 is 5.45. The van der Waals surface area contributed by atoms with E-state index in [9.17, 15) is 4.79 Å². The molecule has 6 heteroatoms. The second kappa shape index (κ2) is 7.49. The lowest BCUT2D eigenvalue weighted by Gasteiger charge is -2.18. The van der Waals surface area contributed by atoms with Crippen molar-refractivity contribution in [3.8, 4) is 10.6 Å². The van der Waals surface area contributed by atoms with Crippen LogP contribution in [-0.4, -0.2) is 42.1 Å². The molecule has 0 bridgehead atoms. The summed E-state index contributed by atoms with van der Waals surface area (Å²) in [7, 11) is 0. The zero-order valence-corrected chi connectivity index (χ0v) is 15.2. The monoisotopic (exact) mass is 347 g/mol. The molecule has 2 aromatic rings. The van der Waals surface area contributed by atoms with Crippen LogP contribution in [0.4, 0.5) is 0 Å². The number of aromatic nitrogens is 1. The van der Waals surface area contributed by atoms with Crippen molar-refractivity contribution in [2.24, 2.45) is 0 Å². The lowest BCUT2D eigenvalue weighted by molar-refractivity contribution is -0.123. The zero-order chi connectivity index (χ0) is 17.0. The van der Waals surface area contributed by atoms with Gasteiger partial charge in [0.1, 0.15) is 0 Å². The maximum Gasteiger partial charge on any atom is 0.232 e. The lowest BCUT2D eigenvalue weighted by Crippen LogP contribution is -2.36. The number of carbonyl (C=O) groups excluding carboxylic acids is 1. The Kier molecular flexibility index (Phi) is 5.36. The Labute approximate surface area is 147 Å². The fourth-order valence-electron chi connectivity index (χ4n) is 2.97. The van der Waals surface area contributed by atoms with Gasteiger partial charge in [-0.1, -0.05) is 25.1 Å². The molecule has 1 saturated carbocycles. The smallest absolute Gasteiger partial charge is 0.232 e. The van der Waals surface area contributed by atoms with Gasteiger partial charge in [-0.05, 0) is 50.3 Å². The van der Waals surface area contributed by atoms with E-state index >= 15 is 0 Å². The van der Waals surface area contributed by atoms with Gasteiger partial charge < -0.3 is 14.7 Å². The van der Waals surface area contributed by atoms with Crippen LogP contribution in [-0.2, 0) is 10.2 Å². The van der Waals surface area contributed by atoms with E-state index in [1.54, 1.807) is 11.3 Å². The van der Waals surface area contributed by atoms with E-state index in [2.05, 4.69) is 29.2 Å². The highest BCUT2D eigenvalue weighted by atomic mass is 32.1. The molecular formula is C18H25N3O2S. The summed E-state index contributed by atoms with van der Waals surface area (Å²) in [5.74, 6) is 0.841. The molecule has 1 aliphatic carbocycles. The molecular weight excluding hydrogens is 322 g/mol. The van der Waals surface area contributed by atoms with E-state index in [-0.39, 0.29) is 5.91 Å². The minimum atomic E-state index is -0.464. The molecule has 0 aliphatic heterocycles. The first-order chi connectivity index (χ1) is 11.7. The minimum Gasteiger partial charge on any atom is -0.355 e. The van der Waals surface area contributed by atoms with Gasteiger partial charge in [0.15, 0.2) is 5.76 Å². The second-order valence-corrected chi connectivity index (χ2v) is 7.22. The molecule has 0 atom stereocenters.